The van der Waals surface area contributed by atoms with Crippen LogP contribution in [0, 0.1) is 5.82 Å². The van der Waals surface area contributed by atoms with E-state index in [1.807, 2.05) is 20.8 Å². The minimum atomic E-state index is -0.680. The summed E-state index contributed by atoms with van der Waals surface area (Å²) in [6, 6.07) is 3.37. The number of nitrogens with one attached hydrogen (secondary N) is 1. The fraction of sp³-hybridized carbons (Fsp3) is 0.450. The lowest BCUT2D eigenvalue weighted by atomic mass is 10.0. The lowest BCUT2D eigenvalue weighted by Gasteiger charge is -2.38. The van der Waals surface area contributed by atoms with Gasteiger partial charge in [-0.3, -0.25) is 9.48 Å². The van der Waals surface area contributed by atoms with Crippen molar-refractivity contribution in [2.75, 3.05) is 13.2 Å². The van der Waals surface area contributed by atoms with Crippen LogP contribution in [-0.2, 0) is 11.3 Å². The van der Waals surface area contributed by atoms with Crippen molar-refractivity contribution < 1.29 is 18.7 Å². The van der Waals surface area contributed by atoms with E-state index in [2.05, 4.69) is 10.4 Å². The van der Waals surface area contributed by atoms with Crippen molar-refractivity contribution in [2.24, 2.45) is 5.73 Å². The standard InChI is InChI=1S/C20H23ClFN5O3/c1-20(2,3)24-19(29)26-7-13-16(18(23)28)17(10-4-5-12(22)11(21)6-10)25-27(13)15-9-30-8-14(15)26/h4-6,14-15H,7-9H2,1-3H3,(H2,23,28)(H,24,29). The normalized spacial score (nSPS) is 20.6. The fourth-order valence-electron chi connectivity index (χ4n) is 3.96. The Kier molecular flexibility index (Phi) is 4.98. The van der Waals surface area contributed by atoms with E-state index < -0.39 is 17.3 Å². The molecule has 2 unspecified atom stereocenters. The van der Waals surface area contributed by atoms with E-state index >= 15 is 0 Å². The number of aromatic nitrogens is 2. The van der Waals surface area contributed by atoms with E-state index in [0.29, 0.717) is 30.2 Å². The van der Waals surface area contributed by atoms with Gasteiger partial charge in [-0.2, -0.15) is 5.10 Å². The maximum absolute atomic E-state index is 13.6. The Morgan fingerprint density at radius 1 is 1.30 bits per heavy atom. The monoisotopic (exact) mass is 435 g/mol. The highest BCUT2D eigenvalue weighted by Crippen LogP contribution is 2.37. The molecule has 0 bridgehead atoms. The molecule has 2 aliphatic rings. The van der Waals surface area contributed by atoms with Crippen LogP contribution in [0.2, 0.25) is 5.02 Å². The molecule has 30 heavy (non-hydrogen) atoms. The van der Waals surface area contributed by atoms with Crippen molar-refractivity contribution in [2.45, 2.75) is 44.9 Å². The number of carbonyl (C=O) groups is 2. The minimum absolute atomic E-state index is 0.0813. The van der Waals surface area contributed by atoms with Crippen molar-refractivity contribution in [1.29, 1.82) is 0 Å². The Hall–Kier alpha value is -2.65. The average Bonchev–Trinajstić information content (AvgIpc) is 3.25. The third-order valence-electron chi connectivity index (χ3n) is 5.25. The maximum Gasteiger partial charge on any atom is 0.318 e. The summed E-state index contributed by atoms with van der Waals surface area (Å²) in [5.41, 5.74) is 6.77. The van der Waals surface area contributed by atoms with Gasteiger partial charge in [0, 0.05) is 11.1 Å². The number of carbonyl (C=O) groups excluding carboxylic acids is 2. The van der Waals surface area contributed by atoms with E-state index in [-0.39, 0.29) is 35.2 Å². The summed E-state index contributed by atoms with van der Waals surface area (Å²) in [4.78, 5) is 27.0. The molecule has 3 heterocycles. The summed E-state index contributed by atoms with van der Waals surface area (Å²) in [7, 11) is 0. The second kappa shape index (κ2) is 7.24. The van der Waals surface area contributed by atoms with E-state index in [9.17, 15) is 14.0 Å². The lowest BCUT2D eigenvalue weighted by molar-refractivity contribution is 0.0989. The first kappa shape index (κ1) is 20.6. The molecule has 160 valence electrons. The van der Waals surface area contributed by atoms with Crippen LogP contribution >= 0.6 is 11.6 Å². The van der Waals surface area contributed by atoms with Crippen molar-refractivity contribution in [3.8, 4) is 11.3 Å². The molecule has 0 radical (unpaired) electrons. The predicted molar refractivity (Wildman–Crippen MR) is 109 cm³/mol. The minimum Gasteiger partial charge on any atom is -0.377 e. The van der Waals surface area contributed by atoms with E-state index in [1.165, 1.54) is 18.2 Å². The first-order valence-electron chi connectivity index (χ1n) is 9.60. The molecular weight excluding hydrogens is 413 g/mol. The van der Waals surface area contributed by atoms with Crippen LogP contribution in [0.5, 0.6) is 0 Å². The average molecular weight is 436 g/mol. The highest BCUT2D eigenvalue weighted by molar-refractivity contribution is 6.31. The van der Waals surface area contributed by atoms with Crippen LogP contribution in [0.25, 0.3) is 11.3 Å². The van der Waals surface area contributed by atoms with Gasteiger partial charge >= 0.3 is 6.03 Å². The third kappa shape index (κ3) is 3.52. The maximum atomic E-state index is 13.6. The summed E-state index contributed by atoms with van der Waals surface area (Å²) in [6.07, 6.45) is 0. The van der Waals surface area contributed by atoms with Gasteiger partial charge in [0.1, 0.15) is 11.5 Å². The van der Waals surface area contributed by atoms with E-state index in [0.717, 1.165) is 0 Å². The first-order valence-corrected chi connectivity index (χ1v) is 9.98. The molecule has 3 amide bonds. The molecule has 10 heteroatoms. The van der Waals surface area contributed by atoms with Gasteiger partial charge in [0.25, 0.3) is 5.91 Å². The fourth-order valence-corrected chi connectivity index (χ4v) is 4.14. The molecule has 2 aromatic rings. The molecule has 0 saturated carbocycles. The highest BCUT2D eigenvalue weighted by Gasteiger charge is 2.45. The summed E-state index contributed by atoms with van der Waals surface area (Å²) in [6.45, 7) is 6.55. The lowest BCUT2D eigenvalue weighted by Crippen LogP contribution is -2.56. The molecule has 2 atom stereocenters. The van der Waals surface area contributed by atoms with E-state index in [4.69, 9.17) is 22.1 Å². The van der Waals surface area contributed by atoms with Crippen molar-refractivity contribution in [3.63, 3.8) is 0 Å². The number of hydrogen-bond donors (Lipinski definition) is 2. The SMILES string of the molecule is CC(C)(C)NC(=O)N1Cc2c(C(N)=O)c(-c3ccc(F)c(Cl)c3)nn2C2COCC21. The summed E-state index contributed by atoms with van der Waals surface area (Å²) in [5, 5.41) is 7.50. The van der Waals surface area contributed by atoms with Crippen LogP contribution in [-0.4, -0.2) is 51.4 Å². The highest BCUT2D eigenvalue weighted by atomic mass is 35.5. The number of amides is 3. The van der Waals surface area contributed by atoms with Crippen molar-refractivity contribution in [1.82, 2.24) is 20.0 Å². The molecule has 3 N–H and O–H groups in total. The number of halogens is 2. The Labute approximate surface area is 178 Å². The number of fused-ring (bicyclic) bond motifs is 3. The zero-order valence-electron chi connectivity index (χ0n) is 16.9. The Bertz CT molecular complexity index is 1030. The number of nitrogens with two attached hydrogens (primary N) is 1. The zero-order chi connectivity index (χ0) is 21.8. The molecule has 1 saturated heterocycles. The summed E-state index contributed by atoms with van der Waals surface area (Å²) < 4.78 is 21.0. The Balaban J connectivity index is 1.82. The number of nitrogens with zero attached hydrogens (tertiary/aromatic N) is 3. The molecule has 4 rings (SSSR count). The van der Waals surface area contributed by atoms with Crippen LogP contribution in [0.1, 0.15) is 42.9 Å². The Morgan fingerprint density at radius 2 is 2.00 bits per heavy atom. The van der Waals surface area contributed by atoms with Gasteiger partial charge in [-0.05, 0) is 39.0 Å². The third-order valence-corrected chi connectivity index (χ3v) is 5.54. The smallest absolute Gasteiger partial charge is 0.318 e. The number of hydrogen-bond acceptors (Lipinski definition) is 4. The van der Waals surface area contributed by atoms with Gasteiger partial charge in [0.05, 0.1) is 48.1 Å². The van der Waals surface area contributed by atoms with Gasteiger partial charge in [-0.15, -0.1) is 0 Å². The second-order valence-corrected chi connectivity index (χ2v) is 9.00. The van der Waals surface area contributed by atoms with Crippen molar-refractivity contribution in [3.05, 3.63) is 40.3 Å². The zero-order valence-corrected chi connectivity index (χ0v) is 17.7. The Morgan fingerprint density at radius 3 is 2.63 bits per heavy atom. The summed E-state index contributed by atoms with van der Waals surface area (Å²) in [5.74, 6) is -1.25. The van der Waals surface area contributed by atoms with Gasteiger partial charge in [0.15, 0.2) is 0 Å². The molecule has 1 fully saturated rings. The van der Waals surface area contributed by atoms with Gasteiger partial charge in [-0.1, -0.05) is 11.6 Å². The molecule has 0 aliphatic carbocycles. The largest absolute Gasteiger partial charge is 0.377 e. The van der Waals surface area contributed by atoms with Gasteiger partial charge in [0.2, 0.25) is 0 Å². The van der Waals surface area contributed by atoms with Crippen LogP contribution < -0.4 is 11.1 Å². The molecule has 2 aliphatic heterocycles. The molecule has 0 spiro atoms. The van der Waals surface area contributed by atoms with Crippen LogP contribution in [0.3, 0.4) is 0 Å². The second-order valence-electron chi connectivity index (χ2n) is 8.59. The molecular formula is C20H23ClFN5O3. The van der Waals surface area contributed by atoms with Crippen molar-refractivity contribution >= 4 is 23.5 Å². The number of primary amides is 1. The quantitative estimate of drug-likeness (QED) is 0.757. The van der Waals surface area contributed by atoms with Gasteiger partial charge < -0.3 is 20.7 Å². The summed E-state index contributed by atoms with van der Waals surface area (Å²) >= 11 is 5.93. The molecule has 8 nitrogen and oxygen atoms in total. The molecule has 1 aromatic carbocycles. The number of urea groups is 1. The predicted octanol–water partition coefficient (Wildman–Crippen LogP) is 2.71. The number of benzene rings is 1. The van der Waals surface area contributed by atoms with Crippen LogP contribution in [0.15, 0.2) is 18.2 Å². The van der Waals surface area contributed by atoms with Crippen LogP contribution in [0.4, 0.5) is 9.18 Å². The van der Waals surface area contributed by atoms with E-state index in [1.54, 1.807) is 9.58 Å². The molecule has 1 aromatic heterocycles. The number of rotatable bonds is 2. The van der Waals surface area contributed by atoms with Gasteiger partial charge in [-0.25, -0.2) is 9.18 Å². The number of ether oxygens (including phenoxy) is 1. The topological polar surface area (TPSA) is 102 Å². The first-order chi connectivity index (χ1) is 14.1.